The molecule has 3 N–H and O–H groups in total. The van der Waals surface area contributed by atoms with Crippen molar-refractivity contribution in [3.63, 3.8) is 0 Å². The molecule has 1 amide bonds. The molecule has 0 bridgehead atoms. The van der Waals surface area contributed by atoms with Crippen molar-refractivity contribution in [1.82, 2.24) is 5.32 Å². The Morgan fingerprint density at radius 2 is 0.511 bits per heavy atom. The average molecular weight is 1300 g/mol. The van der Waals surface area contributed by atoms with Crippen LogP contribution in [0.25, 0.3) is 0 Å². The second-order valence-electron chi connectivity index (χ2n) is 29.5. The summed E-state index contributed by atoms with van der Waals surface area (Å²) < 4.78 is 5.52. The number of carbonyl (C=O) groups excluding carboxylic acids is 2. The Morgan fingerprint density at radius 1 is 0.293 bits per heavy atom. The molecular formula is C86H167NO5. The van der Waals surface area contributed by atoms with Crippen molar-refractivity contribution >= 4 is 11.9 Å². The monoisotopic (exact) mass is 1290 g/mol. The van der Waals surface area contributed by atoms with Crippen LogP contribution in [0, 0.1) is 0 Å². The number of aliphatic hydroxyl groups is 2. The summed E-state index contributed by atoms with van der Waals surface area (Å²) >= 11 is 0. The van der Waals surface area contributed by atoms with E-state index in [1.165, 1.54) is 424 Å². The summed E-state index contributed by atoms with van der Waals surface area (Å²) in [7, 11) is 0. The fourth-order valence-electron chi connectivity index (χ4n) is 13.8. The van der Waals surface area contributed by atoms with Gasteiger partial charge in [0.25, 0.3) is 0 Å². The van der Waals surface area contributed by atoms with Crippen molar-refractivity contribution < 1.29 is 24.5 Å². The average Bonchev–Trinajstić information content (AvgIpc) is 3.76. The third-order valence-corrected chi connectivity index (χ3v) is 20.2. The van der Waals surface area contributed by atoms with E-state index < -0.39 is 12.1 Å². The molecule has 0 aliphatic carbocycles. The third-order valence-electron chi connectivity index (χ3n) is 20.2. The van der Waals surface area contributed by atoms with E-state index in [-0.39, 0.29) is 18.5 Å². The van der Waals surface area contributed by atoms with E-state index in [2.05, 4.69) is 31.3 Å². The molecule has 0 aromatic carbocycles. The molecular weight excluding hydrogens is 1130 g/mol. The zero-order valence-corrected chi connectivity index (χ0v) is 62.8. The van der Waals surface area contributed by atoms with Gasteiger partial charge in [0.1, 0.15) is 0 Å². The van der Waals surface area contributed by atoms with E-state index >= 15 is 0 Å². The van der Waals surface area contributed by atoms with Gasteiger partial charge in [0.15, 0.2) is 0 Å². The zero-order chi connectivity index (χ0) is 66.3. The molecule has 0 aliphatic heterocycles. The topological polar surface area (TPSA) is 95.9 Å². The van der Waals surface area contributed by atoms with Crippen molar-refractivity contribution in [3.8, 4) is 0 Å². The van der Waals surface area contributed by atoms with Gasteiger partial charge in [-0.3, -0.25) is 9.59 Å². The Balaban J connectivity index is 3.37. The smallest absolute Gasteiger partial charge is 0.305 e. The fraction of sp³-hybridized carbons (Fsp3) is 0.930. The van der Waals surface area contributed by atoms with Crippen LogP contribution < -0.4 is 5.32 Å². The number of allylic oxidation sites excluding steroid dienone is 3. The molecule has 0 heterocycles. The molecule has 546 valence electrons. The minimum Gasteiger partial charge on any atom is -0.466 e. The highest BCUT2D eigenvalue weighted by Gasteiger charge is 2.18. The second kappa shape index (κ2) is 81.8. The normalized spacial score (nSPS) is 12.5. The number of unbranched alkanes of at least 4 members (excludes halogenated alkanes) is 68. The van der Waals surface area contributed by atoms with Crippen LogP contribution in [-0.4, -0.2) is 47.4 Å². The molecule has 0 rings (SSSR count). The van der Waals surface area contributed by atoms with Crippen LogP contribution in [0.5, 0.6) is 0 Å². The lowest BCUT2D eigenvalue weighted by Gasteiger charge is -2.20. The number of aliphatic hydroxyl groups excluding tert-OH is 2. The number of ether oxygens (including phenoxy) is 1. The predicted molar refractivity (Wildman–Crippen MR) is 407 cm³/mol. The summed E-state index contributed by atoms with van der Waals surface area (Å²) in [5.41, 5.74) is 0. The summed E-state index contributed by atoms with van der Waals surface area (Å²) in [4.78, 5) is 24.7. The Hall–Kier alpha value is -1.66. The van der Waals surface area contributed by atoms with E-state index in [1.807, 2.05) is 6.08 Å². The maximum Gasteiger partial charge on any atom is 0.305 e. The number of amides is 1. The highest BCUT2D eigenvalue weighted by atomic mass is 16.5. The van der Waals surface area contributed by atoms with E-state index in [0.29, 0.717) is 19.4 Å². The summed E-state index contributed by atoms with van der Waals surface area (Å²) in [5.74, 6) is -0.0365. The molecule has 6 heteroatoms. The Morgan fingerprint density at radius 3 is 0.772 bits per heavy atom. The molecule has 0 aromatic heterocycles. The Bertz CT molecular complexity index is 1450. The molecule has 2 atom stereocenters. The van der Waals surface area contributed by atoms with Gasteiger partial charge in [-0.2, -0.15) is 0 Å². The molecule has 0 spiro atoms. The summed E-state index contributed by atoms with van der Waals surface area (Å²) in [6, 6.07) is -0.628. The Labute approximate surface area is 577 Å². The van der Waals surface area contributed by atoms with Crippen LogP contribution in [0.3, 0.4) is 0 Å². The van der Waals surface area contributed by atoms with Crippen LogP contribution in [0.4, 0.5) is 0 Å². The summed E-state index contributed by atoms with van der Waals surface area (Å²) in [6.07, 6.45) is 106. The molecule has 0 saturated heterocycles. The molecule has 92 heavy (non-hydrogen) atoms. The third kappa shape index (κ3) is 77.3. The molecule has 0 fully saturated rings. The maximum absolute atomic E-state index is 12.6. The van der Waals surface area contributed by atoms with Gasteiger partial charge in [-0.1, -0.05) is 443 Å². The van der Waals surface area contributed by atoms with Gasteiger partial charge >= 0.3 is 5.97 Å². The summed E-state index contributed by atoms with van der Waals surface area (Å²) in [5, 5.41) is 23.3. The number of carbonyl (C=O) groups is 2. The first-order valence-corrected chi connectivity index (χ1v) is 42.6. The molecule has 0 aliphatic rings. The fourth-order valence-corrected chi connectivity index (χ4v) is 13.8. The number of nitrogens with one attached hydrogen (secondary N) is 1. The van der Waals surface area contributed by atoms with Gasteiger partial charge in [-0.05, 0) is 57.8 Å². The Kier molecular flexibility index (Phi) is 80.3. The molecule has 0 radical (unpaired) electrons. The van der Waals surface area contributed by atoms with E-state index in [4.69, 9.17) is 4.74 Å². The maximum atomic E-state index is 12.6. The lowest BCUT2D eigenvalue weighted by atomic mass is 10.0. The van der Waals surface area contributed by atoms with Crippen LogP contribution >= 0.6 is 0 Å². The van der Waals surface area contributed by atoms with Crippen molar-refractivity contribution in [2.24, 2.45) is 0 Å². The molecule has 0 aromatic rings. The first-order valence-electron chi connectivity index (χ1n) is 42.6. The number of hydrogen-bond acceptors (Lipinski definition) is 5. The zero-order valence-electron chi connectivity index (χ0n) is 62.8. The molecule has 6 nitrogen and oxygen atoms in total. The van der Waals surface area contributed by atoms with Crippen molar-refractivity contribution in [3.05, 3.63) is 24.3 Å². The van der Waals surface area contributed by atoms with Gasteiger partial charge in [0, 0.05) is 12.8 Å². The van der Waals surface area contributed by atoms with Crippen LogP contribution in [0.1, 0.15) is 489 Å². The number of esters is 1. The number of hydrogen-bond donors (Lipinski definition) is 3. The van der Waals surface area contributed by atoms with E-state index in [0.717, 1.165) is 38.5 Å². The van der Waals surface area contributed by atoms with Crippen LogP contribution in [0.15, 0.2) is 24.3 Å². The standard InChI is InChI=1S/C86H167NO5/c1-3-5-7-9-11-13-15-17-19-21-23-24-25-33-36-39-43-46-50-54-58-62-66-70-74-78-84(89)83(82-88)87-85(90)79-75-71-67-63-59-55-51-47-44-40-37-34-31-29-27-26-28-30-32-35-38-41-45-49-53-57-61-65-69-73-77-81-92-86(91)80-76-72-68-64-60-56-52-48-42-22-20-18-16-14-12-10-8-6-4-2/h28,30,74,78,83-84,88-89H,3-27,29,31-73,75-77,79-82H2,1-2H3,(H,87,90)/b30-28-,78-74+. The SMILES string of the molecule is CCCCCCCCCCCCCCCCCCCCCCCCC/C=C/C(O)C(CO)NC(=O)CCCCCCCCCCCCCCCCC/C=C\CCCCCCCCCCCCCCOC(=O)CCCCCCCCCCCCCCCCCCCCC. The van der Waals surface area contributed by atoms with E-state index in [9.17, 15) is 19.8 Å². The first-order chi connectivity index (χ1) is 45.5. The quantitative estimate of drug-likeness (QED) is 0.0320. The van der Waals surface area contributed by atoms with Crippen LogP contribution in [-0.2, 0) is 14.3 Å². The van der Waals surface area contributed by atoms with Crippen molar-refractivity contribution in [2.75, 3.05) is 13.2 Å². The molecule has 0 saturated carbocycles. The molecule has 2 unspecified atom stereocenters. The highest BCUT2D eigenvalue weighted by Crippen LogP contribution is 2.21. The lowest BCUT2D eigenvalue weighted by molar-refractivity contribution is -0.143. The highest BCUT2D eigenvalue weighted by molar-refractivity contribution is 5.76. The van der Waals surface area contributed by atoms with Crippen molar-refractivity contribution in [1.29, 1.82) is 0 Å². The summed E-state index contributed by atoms with van der Waals surface area (Å²) in [6.45, 7) is 4.97. The van der Waals surface area contributed by atoms with Crippen molar-refractivity contribution in [2.45, 2.75) is 501 Å². The van der Waals surface area contributed by atoms with E-state index in [1.54, 1.807) is 6.08 Å². The minimum absolute atomic E-state index is 0.0235. The van der Waals surface area contributed by atoms with Gasteiger partial charge in [-0.15, -0.1) is 0 Å². The largest absolute Gasteiger partial charge is 0.466 e. The van der Waals surface area contributed by atoms with Gasteiger partial charge < -0.3 is 20.3 Å². The first kappa shape index (κ1) is 90.3. The lowest BCUT2D eigenvalue weighted by Crippen LogP contribution is -2.45. The minimum atomic E-state index is -0.845. The predicted octanol–water partition coefficient (Wildman–Crippen LogP) is 28.4. The van der Waals surface area contributed by atoms with Gasteiger partial charge in [0.2, 0.25) is 5.91 Å². The van der Waals surface area contributed by atoms with Gasteiger partial charge in [0.05, 0.1) is 25.4 Å². The second-order valence-corrected chi connectivity index (χ2v) is 29.5. The van der Waals surface area contributed by atoms with Crippen LogP contribution in [0.2, 0.25) is 0 Å². The van der Waals surface area contributed by atoms with Gasteiger partial charge in [-0.25, -0.2) is 0 Å². The number of rotatable bonds is 81.